The van der Waals surface area contributed by atoms with Crippen LogP contribution in [0, 0.1) is 0 Å². The summed E-state index contributed by atoms with van der Waals surface area (Å²) in [6, 6.07) is 1.53. The summed E-state index contributed by atoms with van der Waals surface area (Å²) in [5.41, 5.74) is 0.360. The van der Waals surface area contributed by atoms with E-state index in [1.807, 2.05) is 0 Å². The highest BCUT2D eigenvalue weighted by Gasteiger charge is 2.10. The molecule has 0 atom stereocenters. The molecule has 1 heterocycles. The van der Waals surface area contributed by atoms with Gasteiger partial charge in [0.25, 0.3) is 5.91 Å². The fourth-order valence-corrected chi connectivity index (χ4v) is 1.37. The van der Waals surface area contributed by atoms with Crippen LogP contribution in [0.4, 0.5) is 0 Å². The van der Waals surface area contributed by atoms with Gasteiger partial charge in [-0.3, -0.25) is 14.6 Å². The van der Waals surface area contributed by atoms with Crippen LogP contribution in [-0.2, 0) is 4.79 Å². The summed E-state index contributed by atoms with van der Waals surface area (Å²) < 4.78 is 0. The Morgan fingerprint density at radius 1 is 1.47 bits per heavy atom. The summed E-state index contributed by atoms with van der Waals surface area (Å²) in [5.74, 6) is -0.338. The van der Waals surface area contributed by atoms with Gasteiger partial charge in [0, 0.05) is 39.5 Å². The summed E-state index contributed by atoms with van der Waals surface area (Å²) >= 11 is 5.81. The number of pyridine rings is 1. The van der Waals surface area contributed by atoms with Crippen LogP contribution in [0.15, 0.2) is 18.5 Å². The molecule has 0 fully saturated rings. The molecule has 0 aliphatic heterocycles. The molecule has 1 aromatic rings. The normalized spacial score (nSPS) is 9.82. The van der Waals surface area contributed by atoms with Crippen molar-refractivity contribution in [3.63, 3.8) is 0 Å². The van der Waals surface area contributed by atoms with Gasteiger partial charge in [-0.25, -0.2) is 0 Å². The molecule has 6 heteroatoms. The highest BCUT2D eigenvalue weighted by molar-refractivity contribution is 6.33. The van der Waals surface area contributed by atoms with Crippen LogP contribution in [0.5, 0.6) is 0 Å². The standard InChI is InChI=1S/C11H14ClN3O2/c1-15(2)10(16)4-6-14-11(17)8-3-5-13-7-9(8)12/h3,5,7H,4,6H2,1-2H3,(H,14,17). The van der Waals surface area contributed by atoms with Crippen LogP contribution in [0.25, 0.3) is 0 Å². The predicted molar refractivity (Wildman–Crippen MR) is 64.9 cm³/mol. The van der Waals surface area contributed by atoms with Gasteiger partial charge in [0.1, 0.15) is 0 Å². The van der Waals surface area contributed by atoms with E-state index in [0.717, 1.165) is 0 Å². The third-order valence-corrected chi connectivity index (χ3v) is 2.44. The minimum absolute atomic E-state index is 0.0360. The predicted octanol–water partition coefficient (Wildman–Crippen LogP) is 0.943. The van der Waals surface area contributed by atoms with Gasteiger partial charge in [-0.2, -0.15) is 0 Å². The maximum Gasteiger partial charge on any atom is 0.252 e. The van der Waals surface area contributed by atoms with Crippen molar-refractivity contribution >= 4 is 23.4 Å². The van der Waals surface area contributed by atoms with E-state index in [9.17, 15) is 9.59 Å². The van der Waals surface area contributed by atoms with Crippen LogP contribution in [0.1, 0.15) is 16.8 Å². The monoisotopic (exact) mass is 255 g/mol. The smallest absolute Gasteiger partial charge is 0.252 e. The van der Waals surface area contributed by atoms with E-state index in [0.29, 0.717) is 10.6 Å². The molecule has 0 saturated carbocycles. The number of hydrogen-bond acceptors (Lipinski definition) is 3. The highest BCUT2D eigenvalue weighted by atomic mass is 35.5. The molecule has 0 aliphatic carbocycles. The first-order valence-corrected chi connectivity index (χ1v) is 5.48. The van der Waals surface area contributed by atoms with Crippen LogP contribution in [0.3, 0.4) is 0 Å². The number of nitrogens with zero attached hydrogens (tertiary/aromatic N) is 2. The molecule has 5 nitrogen and oxygen atoms in total. The van der Waals surface area contributed by atoms with E-state index in [1.54, 1.807) is 14.1 Å². The molecule has 17 heavy (non-hydrogen) atoms. The maximum atomic E-state index is 11.7. The number of amides is 2. The zero-order valence-corrected chi connectivity index (χ0v) is 10.5. The number of carbonyl (C=O) groups excluding carboxylic acids is 2. The van der Waals surface area contributed by atoms with Crippen LogP contribution in [-0.4, -0.2) is 42.3 Å². The first-order chi connectivity index (χ1) is 8.02. The van der Waals surface area contributed by atoms with E-state index in [4.69, 9.17) is 11.6 Å². The number of carbonyl (C=O) groups is 2. The Labute approximate surface area is 105 Å². The molecule has 0 aliphatic rings. The van der Waals surface area contributed by atoms with Gasteiger partial charge in [0.05, 0.1) is 10.6 Å². The molecule has 0 radical (unpaired) electrons. The van der Waals surface area contributed by atoms with Crippen LogP contribution in [0.2, 0.25) is 5.02 Å². The van der Waals surface area contributed by atoms with E-state index in [-0.39, 0.29) is 24.8 Å². The Morgan fingerprint density at radius 2 is 2.18 bits per heavy atom. The second kappa shape index (κ2) is 6.20. The lowest BCUT2D eigenvalue weighted by atomic mass is 10.2. The lowest BCUT2D eigenvalue weighted by Crippen LogP contribution is -2.30. The lowest BCUT2D eigenvalue weighted by molar-refractivity contribution is -0.128. The van der Waals surface area contributed by atoms with Crippen molar-refractivity contribution in [3.05, 3.63) is 29.0 Å². The Balaban J connectivity index is 2.46. The lowest BCUT2D eigenvalue weighted by Gasteiger charge is -2.10. The second-order valence-corrected chi connectivity index (χ2v) is 4.06. The third-order valence-electron chi connectivity index (χ3n) is 2.14. The van der Waals surface area contributed by atoms with Gasteiger partial charge in [0.2, 0.25) is 5.91 Å². The molecular weight excluding hydrogens is 242 g/mol. The number of aromatic nitrogens is 1. The van der Waals surface area contributed by atoms with Gasteiger partial charge >= 0.3 is 0 Å². The summed E-state index contributed by atoms with van der Waals surface area (Å²) in [4.78, 5) is 28.2. The maximum absolute atomic E-state index is 11.7. The topological polar surface area (TPSA) is 62.3 Å². The molecule has 2 amide bonds. The second-order valence-electron chi connectivity index (χ2n) is 3.65. The molecule has 92 valence electrons. The fourth-order valence-electron chi connectivity index (χ4n) is 1.16. The fraction of sp³-hybridized carbons (Fsp3) is 0.364. The van der Waals surface area contributed by atoms with E-state index >= 15 is 0 Å². The zero-order valence-electron chi connectivity index (χ0n) is 9.74. The van der Waals surface area contributed by atoms with Crippen molar-refractivity contribution in [2.45, 2.75) is 6.42 Å². The van der Waals surface area contributed by atoms with Crippen LogP contribution < -0.4 is 5.32 Å². The van der Waals surface area contributed by atoms with Crippen molar-refractivity contribution in [2.75, 3.05) is 20.6 Å². The number of hydrogen-bond donors (Lipinski definition) is 1. The van der Waals surface area contributed by atoms with E-state index in [2.05, 4.69) is 10.3 Å². The minimum atomic E-state index is -0.302. The van der Waals surface area contributed by atoms with Crippen molar-refractivity contribution < 1.29 is 9.59 Å². The summed E-state index contributed by atoms with van der Waals surface area (Å²) in [5, 5.41) is 2.92. The van der Waals surface area contributed by atoms with Gasteiger partial charge in [0.15, 0.2) is 0 Å². The molecule has 0 unspecified atom stereocenters. The largest absolute Gasteiger partial charge is 0.351 e. The van der Waals surface area contributed by atoms with Gasteiger partial charge < -0.3 is 10.2 Å². The molecule has 1 N–H and O–H groups in total. The van der Waals surface area contributed by atoms with Gasteiger partial charge in [-0.15, -0.1) is 0 Å². The van der Waals surface area contributed by atoms with Crippen molar-refractivity contribution in [2.24, 2.45) is 0 Å². The Kier molecular flexibility index (Phi) is 4.90. The highest BCUT2D eigenvalue weighted by Crippen LogP contribution is 2.12. The molecule has 1 rings (SSSR count). The van der Waals surface area contributed by atoms with Crippen molar-refractivity contribution in [1.82, 2.24) is 15.2 Å². The third kappa shape index (κ3) is 4.03. The summed E-state index contributed by atoms with van der Waals surface area (Å²) in [7, 11) is 3.34. The molecule has 1 aromatic heterocycles. The SMILES string of the molecule is CN(C)C(=O)CCNC(=O)c1ccncc1Cl. The Bertz CT molecular complexity index is 421. The number of nitrogens with one attached hydrogen (secondary N) is 1. The Hall–Kier alpha value is -1.62. The minimum Gasteiger partial charge on any atom is -0.351 e. The van der Waals surface area contributed by atoms with E-state index in [1.165, 1.54) is 23.4 Å². The molecule has 0 bridgehead atoms. The summed E-state index contributed by atoms with van der Waals surface area (Å²) in [6.45, 7) is 0.286. The number of halogens is 1. The number of rotatable bonds is 4. The quantitative estimate of drug-likeness (QED) is 0.871. The molecule has 0 aromatic carbocycles. The van der Waals surface area contributed by atoms with Crippen molar-refractivity contribution in [3.8, 4) is 0 Å². The first kappa shape index (κ1) is 13.4. The van der Waals surface area contributed by atoms with Crippen LogP contribution >= 0.6 is 11.6 Å². The zero-order chi connectivity index (χ0) is 12.8. The molecule has 0 spiro atoms. The van der Waals surface area contributed by atoms with Gasteiger partial charge in [-0.1, -0.05) is 11.6 Å². The van der Waals surface area contributed by atoms with E-state index < -0.39 is 0 Å². The summed E-state index contributed by atoms with van der Waals surface area (Å²) in [6.07, 6.45) is 3.16. The Morgan fingerprint density at radius 3 is 2.76 bits per heavy atom. The first-order valence-electron chi connectivity index (χ1n) is 5.10. The molecular formula is C11H14ClN3O2. The average Bonchev–Trinajstić information content (AvgIpc) is 2.29. The van der Waals surface area contributed by atoms with Crippen molar-refractivity contribution in [1.29, 1.82) is 0 Å². The average molecular weight is 256 g/mol. The molecule has 0 saturated heterocycles. The van der Waals surface area contributed by atoms with Gasteiger partial charge in [-0.05, 0) is 6.07 Å².